The van der Waals surface area contributed by atoms with Crippen LogP contribution in [0, 0.1) is 0 Å². The van der Waals surface area contributed by atoms with Crippen LogP contribution >= 0.6 is 0 Å². The van der Waals surface area contributed by atoms with Crippen molar-refractivity contribution in [1.82, 2.24) is 10.6 Å². The van der Waals surface area contributed by atoms with Crippen molar-refractivity contribution < 1.29 is 14.3 Å². The van der Waals surface area contributed by atoms with Crippen molar-refractivity contribution in [2.75, 3.05) is 19.7 Å². The Hall–Kier alpha value is -1.88. The molecular weight excluding hydrogens is 244 g/mol. The van der Waals surface area contributed by atoms with Gasteiger partial charge in [-0.1, -0.05) is 12.1 Å². The number of hydrogen-bond acceptors (Lipinski definition) is 4. The molecule has 1 heterocycles. The summed E-state index contributed by atoms with van der Waals surface area (Å²) in [5.41, 5.74) is 2.88. The topological polar surface area (TPSA) is 67.4 Å². The van der Waals surface area contributed by atoms with Gasteiger partial charge in [-0.2, -0.15) is 0 Å². The summed E-state index contributed by atoms with van der Waals surface area (Å²) in [4.78, 5) is 23.3. The Morgan fingerprint density at radius 2 is 2.26 bits per heavy atom. The van der Waals surface area contributed by atoms with Crippen LogP contribution in [0.1, 0.15) is 28.4 Å². The number of amides is 1. The molecule has 0 atom stereocenters. The summed E-state index contributed by atoms with van der Waals surface area (Å²) in [6.07, 6.45) is 0.832. The Balaban J connectivity index is 2.05. The SMILES string of the molecule is CCOC(=O)CNC(=O)c1cccc2c1CCNC2. The van der Waals surface area contributed by atoms with Gasteiger partial charge < -0.3 is 15.4 Å². The van der Waals surface area contributed by atoms with E-state index in [1.54, 1.807) is 13.0 Å². The first-order chi connectivity index (χ1) is 9.22. The number of nitrogens with one attached hydrogen (secondary N) is 2. The summed E-state index contributed by atoms with van der Waals surface area (Å²) in [7, 11) is 0. The second-order valence-electron chi connectivity index (χ2n) is 4.36. The molecule has 1 amide bonds. The molecule has 1 aliphatic rings. The molecule has 5 nitrogen and oxygen atoms in total. The number of esters is 1. The van der Waals surface area contributed by atoms with E-state index >= 15 is 0 Å². The highest BCUT2D eigenvalue weighted by molar-refractivity contribution is 5.97. The van der Waals surface area contributed by atoms with Gasteiger partial charge in [-0.05, 0) is 37.1 Å². The lowest BCUT2D eigenvalue weighted by Gasteiger charge is -2.19. The van der Waals surface area contributed by atoms with Crippen LogP contribution in [0.5, 0.6) is 0 Å². The minimum atomic E-state index is -0.415. The van der Waals surface area contributed by atoms with Crippen molar-refractivity contribution in [2.45, 2.75) is 19.9 Å². The van der Waals surface area contributed by atoms with E-state index in [1.165, 1.54) is 0 Å². The van der Waals surface area contributed by atoms with E-state index in [0.29, 0.717) is 12.2 Å². The molecule has 0 spiro atoms. The van der Waals surface area contributed by atoms with E-state index in [-0.39, 0.29) is 12.5 Å². The lowest BCUT2D eigenvalue weighted by Crippen LogP contribution is -2.33. The van der Waals surface area contributed by atoms with Gasteiger partial charge in [0.2, 0.25) is 0 Å². The van der Waals surface area contributed by atoms with E-state index in [2.05, 4.69) is 10.6 Å². The van der Waals surface area contributed by atoms with Gasteiger partial charge in [0.25, 0.3) is 5.91 Å². The summed E-state index contributed by atoms with van der Waals surface area (Å²) in [6, 6.07) is 5.68. The van der Waals surface area contributed by atoms with Crippen LogP contribution in [0.3, 0.4) is 0 Å². The number of carbonyl (C=O) groups excluding carboxylic acids is 2. The highest BCUT2D eigenvalue weighted by Gasteiger charge is 2.17. The van der Waals surface area contributed by atoms with Crippen LogP contribution in [0.2, 0.25) is 0 Å². The fourth-order valence-electron chi connectivity index (χ4n) is 2.20. The van der Waals surface area contributed by atoms with Gasteiger partial charge in [0.15, 0.2) is 0 Å². The Bertz CT molecular complexity index is 486. The second kappa shape index (κ2) is 6.33. The van der Waals surface area contributed by atoms with Gasteiger partial charge >= 0.3 is 5.97 Å². The molecule has 2 rings (SSSR count). The van der Waals surface area contributed by atoms with E-state index < -0.39 is 5.97 Å². The lowest BCUT2D eigenvalue weighted by molar-refractivity contribution is -0.141. The summed E-state index contributed by atoms with van der Waals surface area (Å²) < 4.78 is 4.78. The first kappa shape index (κ1) is 13.5. The fraction of sp³-hybridized carbons (Fsp3) is 0.429. The molecule has 1 aromatic carbocycles. The third-order valence-electron chi connectivity index (χ3n) is 3.08. The Morgan fingerprint density at radius 3 is 3.05 bits per heavy atom. The van der Waals surface area contributed by atoms with Crippen LogP contribution in [-0.4, -0.2) is 31.6 Å². The zero-order valence-electron chi connectivity index (χ0n) is 11.0. The van der Waals surface area contributed by atoms with Crippen molar-refractivity contribution in [3.63, 3.8) is 0 Å². The molecule has 5 heteroatoms. The molecule has 1 aromatic rings. The van der Waals surface area contributed by atoms with Gasteiger partial charge in [0.1, 0.15) is 6.54 Å². The zero-order chi connectivity index (χ0) is 13.7. The predicted octanol–water partition coefficient (Wildman–Crippen LogP) is 0.625. The molecule has 0 bridgehead atoms. The van der Waals surface area contributed by atoms with Gasteiger partial charge in [0, 0.05) is 12.1 Å². The van der Waals surface area contributed by atoms with Crippen LogP contribution in [0.25, 0.3) is 0 Å². The van der Waals surface area contributed by atoms with Crippen LogP contribution in [-0.2, 0) is 22.5 Å². The maximum absolute atomic E-state index is 12.1. The van der Waals surface area contributed by atoms with Gasteiger partial charge in [0.05, 0.1) is 6.61 Å². The number of hydrogen-bond donors (Lipinski definition) is 2. The van der Waals surface area contributed by atoms with Gasteiger partial charge in [-0.15, -0.1) is 0 Å². The maximum atomic E-state index is 12.1. The largest absolute Gasteiger partial charge is 0.465 e. The van der Waals surface area contributed by atoms with E-state index in [4.69, 9.17) is 4.74 Å². The summed E-state index contributed by atoms with van der Waals surface area (Å²) in [5.74, 6) is -0.630. The molecule has 0 saturated heterocycles. The van der Waals surface area contributed by atoms with E-state index in [9.17, 15) is 9.59 Å². The number of fused-ring (bicyclic) bond motifs is 1. The van der Waals surface area contributed by atoms with E-state index in [1.807, 2.05) is 12.1 Å². The molecule has 19 heavy (non-hydrogen) atoms. The summed E-state index contributed by atoms with van der Waals surface area (Å²) in [6.45, 7) is 3.62. The number of rotatable bonds is 4. The molecule has 0 fully saturated rings. The monoisotopic (exact) mass is 262 g/mol. The molecule has 102 valence electrons. The van der Waals surface area contributed by atoms with Gasteiger partial charge in [-0.25, -0.2) is 0 Å². The average molecular weight is 262 g/mol. The van der Waals surface area contributed by atoms with E-state index in [0.717, 1.165) is 30.6 Å². The number of benzene rings is 1. The predicted molar refractivity (Wildman–Crippen MR) is 70.8 cm³/mol. The van der Waals surface area contributed by atoms with Crippen molar-refractivity contribution in [1.29, 1.82) is 0 Å². The second-order valence-corrected chi connectivity index (χ2v) is 4.36. The molecular formula is C14H18N2O3. The third-order valence-corrected chi connectivity index (χ3v) is 3.08. The highest BCUT2D eigenvalue weighted by atomic mass is 16.5. The Kier molecular flexibility index (Phi) is 4.52. The van der Waals surface area contributed by atoms with Crippen LogP contribution in [0.15, 0.2) is 18.2 Å². The maximum Gasteiger partial charge on any atom is 0.325 e. The molecule has 0 saturated carbocycles. The molecule has 0 radical (unpaired) electrons. The Labute approximate surface area is 112 Å². The summed E-state index contributed by atoms with van der Waals surface area (Å²) >= 11 is 0. The Morgan fingerprint density at radius 1 is 1.42 bits per heavy atom. The number of ether oxygens (including phenoxy) is 1. The van der Waals surface area contributed by atoms with Crippen LogP contribution in [0.4, 0.5) is 0 Å². The molecule has 0 unspecified atom stereocenters. The highest BCUT2D eigenvalue weighted by Crippen LogP contribution is 2.18. The standard InChI is InChI=1S/C14H18N2O3/c1-2-19-13(17)9-16-14(18)12-5-3-4-10-8-15-7-6-11(10)12/h3-5,15H,2,6-9H2,1H3,(H,16,18). The molecule has 1 aliphatic heterocycles. The van der Waals surface area contributed by atoms with Gasteiger partial charge in [-0.3, -0.25) is 9.59 Å². The smallest absolute Gasteiger partial charge is 0.325 e. The van der Waals surface area contributed by atoms with Crippen molar-refractivity contribution in [3.8, 4) is 0 Å². The lowest BCUT2D eigenvalue weighted by atomic mass is 9.95. The minimum Gasteiger partial charge on any atom is -0.465 e. The average Bonchev–Trinajstić information content (AvgIpc) is 2.44. The third kappa shape index (κ3) is 3.32. The molecule has 2 N–H and O–H groups in total. The van der Waals surface area contributed by atoms with Crippen molar-refractivity contribution in [3.05, 3.63) is 34.9 Å². The van der Waals surface area contributed by atoms with Crippen molar-refractivity contribution >= 4 is 11.9 Å². The fourth-order valence-corrected chi connectivity index (χ4v) is 2.20. The van der Waals surface area contributed by atoms with Crippen molar-refractivity contribution in [2.24, 2.45) is 0 Å². The molecule has 0 aliphatic carbocycles. The van der Waals surface area contributed by atoms with Crippen LogP contribution < -0.4 is 10.6 Å². The summed E-state index contributed by atoms with van der Waals surface area (Å²) in [5, 5.41) is 5.87. The zero-order valence-corrected chi connectivity index (χ0v) is 11.0. The number of carbonyl (C=O) groups is 2. The normalized spacial score (nSPS) is 13.5. The molecule has 0 aromatic heterocycles. The minimum absolute atomic E-state index is 0.0887. The quantitative estimate of drug-likeness (QED) is 0.781. The first-order valence-corrected chi connectivity index (χ1v) is 6.47. The first-order valence-electron chi connectivity index (χ1n) is 6.47.